The van der Waals surface area contributed by atoms with Gasteiger partial charge < -0.3 is 95.1 Å². The summed E-state index contributed by atoms with van der Waals surface area (Å²) in [5.41, 5.74) is 10.1. The minimum Gasteiger partial charge on any atom is -0.394 e. The number of hydrogen-bond donors (Lipinski definition) is 1. The van der Waals surface area contributed by atoms with Crippen molar-refractivity contribution >= 4 is 11.8 Å². The van der Waals surface area contributed by atoms with E-state index in [1.807, 2.05) is 382 Å². The van der Waals surface area contributed by atoms with E-state index in [0.717, 1.165) is 71.7 Å². The van der Waals surface area contributed by atoms with Crippen LogP contribution in [0.3, 0.4) is 0 Å². The van der Waals surface area contributed by atoms with Crippen LogP contribution in [0.1, 0.15) is 66.8 Å². The van der Waals surface area contributed by atoms with Gasteiger partial charge in [0.25, 0.3) is 0 Å². The van der Waals surface area contributed by atoms with Crippen LogP contribution in [0.15, 0.2) is 399 Å². The number of aliphatic hydroxyl groups excluding tert-OH is 1. The van der Waals surface area contributed by atoms with Crippen LogP contribution in [-0.4, -0.2) is 154 Å². The lowest BCUT2D eigenvalue weighted by molar-refractivity contribution is -0.385. The summed E-state index contributed by atoms with van der Waals surface area (Å²) in [6.07, 6.45) is -20.5. The van der Waals surface area contributed by atoms with Crippen LogP contribution >= 0.6 is 11.8 Å². The summed E-state index contributed by atoms with van der Waals surface area (Å²) in [6.45, 7) is 0.811. The van der Waals surface area contributed by atoms with Gasteiger partial charge in [-0.1, -0.05) is 394 Å². The quantitative estimate of drug-likeness (QED) is 0.0378. The lowest BCUT2D eigenvalue weighted by atomic mass is 9.95. The number of hydrogen-bond acceptors (Lipinski definition) is 21. The smallest absolute Gasteiger partial charge is 0.187 e. The lowest BCUT2D eigenvalue weighted by Crippen LogP contribution is -2.67. The Morgan fingerprint density at radius 1 is 0.185 bits per heavy atom. The van der Waals surface area contributed by atoms with Crippen LogP contribution in [0.2, 0.25) is 0 Å². The molecule has 4 saturated heterocycles. The van der Waals surface area contributed by atoms with Crippen LogP contribution in [0.25, 0.3) is 0 Å². The molecule has 1 N–H and O–H groups in total. The monoisotopic (exact) mass is 1840 g/mol. The Morgan fingerprint density at radius 3 is 0.689 bits per heavy atom. The summed E-state index contributed by atoms with van der Waals surface area (Å²) >= 11 is 1.55. The van der Waals surface area contributed by atoms with Gasteiger partial charge in [0.2, 0.25) is 0 Å². The highest BCUT2D eigenvalue weighted by atomic mass is 32.2. The van der Waals surface area contributed by atoms with E-state index in [4.69, 9.17) is 90.0 Å². The fourth-order valence-corrected chi connectivity index (χ4v) is 18.4. The fraction of sp³-hybridized carbons (Fsp3) is 0.316. The second-order valence-corrected chi connectivity index (χ2v) is 35.1. The summed E-state index contributed by atoms with van der Waals surface area (Å²) in [5, 5.41) is 11.9. The van der Waals surface area contributed by atoms with Crippen molar-refractivity contribution in [2.24, 2.45) is 0 Å². The summed E-state index contributed by atoms with van der Waals surface area (Å²) < 4.78 is 142. The van der Waals surface area contributed by atoms with Crippen molar-refractivity contribution in [3.05, 3.63) is 461 Å². The van der Waals surface area contributed by atoms with E-state index in [1.165, 1.54) is 0 Å². The molecule has 4 heterocycles. The highest BCUT2D eigenvalue weighted by Crippen LogP contribution is 2.43. The molecule has 13 aromatic carbocycles. The van der Waals surface area contributed by atoms with Gasteiger partial charge in [0.15, 0.2) is 18.9 Å². The fourth-order valence-electron chi connectivity index (χ4n) is 17.2. The standard InChI is InChI=1S/C114H118O20S/c115-66-95-99(118-69-84-44-18-3-19-45-84)103(120-71-86-48-22-5-23-49-86)108(125-76-91-58-32-10-33-59-91)112(129-95)133-101-96(79-116-67-82-40-14-1-15-41-82)130-111(107(124-75-90-56-30-9-31-57-90)105(101)122-73-88-52-26-7-27-53-88)128-81-98-100(119-70-85-46-20-4-21-47-85)104(121-72-87-50-24-6-25-51-87)109(126-77-92-60-34-11-35-61-92)113(131-98)134-102-97(80-117-68-83-42-16-2-17-43-83)132-114(135-94-64-38-13-39-65-94)110(127-78-93-62-36-12-37-63-93)106(102)123-74-89-54-28-8-29-55-89/h1-65,95-115H,66-81H2/t95-,96-,97-,98-,99-,100-,101-,102-,103+,104+,105+,106+,107-,108-,109-,110-,111-,112-,113-,114?/m1/s1. The molecule has 0 aromatic heterocycles. The molecule has 0 amide bonds. The molecule has 0 radical (unpaired) electrons. The second kappa shape index (κ2) is 51.5. The number of rotatable bonds is 48. The average molecular weight is 1840 g/mol. The number of ether oxygens (including phenoxy) is 19. The Bertz CT molecular complexity index is 5430. The van der Waals surface area contributed by atoms with Gasteiger partial charge in [-0.25, -0.2) is 0 Å². The Morgan fingerprint density at radius 2 is 0.393 bits per heavy atom. The number of thioether (sulfide) groups is 1. The van der Waals surface area contributed by atoms with Gasteiger partial charge >= 0.3 is 0 Å². The molecule has 20 nitrogen and oxygen atoms in total. The third-order valence-corrected chi connectivity index (χ3v) is 25.3. The van der Waals surface area contributed by atoms with Crippen molar-refractivity contribution in [1.29, 1.82) is 0 Å². The molecule has 4 fully saturated rings. The normalized spacial score (nSPS) is 25.2. The van der Waals surface area contributed by atoms with Crippen LogP contribution in [-0.2, 0) is 169 Å². The van der Waals surface area contributed by atoms with Gasteiger partial charge in [-0.3, -0.25) is 0 Å². The van der Waals surface area contributed by atoms with Gasteiger partial charge in [0, 0.05) is 4.90 Å². The molecule has 0 saturated carbocycles. The van der Waals surface area contributed by atoms with E-state index >= 15 is 0 Å². The summed E-state index contributed by atoms with van der Waals surface area (Å²) in [4.78, 5) is 0.955. The molecule has 4 aliphatic heterocycles. The molecule has 4 aliphatic rings. The topological polar surface area (TPSA) is 196 Å². The minimum absolute atomic E-state index is 0.0357. The SMILES string of the molecule is OC[C@H]1O[C@H](O[C@H]2[C@H](OCc3ccccc3)[C@@H](OCc3ccccc3)[C@H](OC[C@H]3O[C@H](O[C@H]4[C@H](OCc5ccccc5)[C@@H](OCc5ccccc5)C(Sc5ccccc5)O[C@@H]4COCc4ccccc4)[C@H](OCc4ccccc4)[C@@H](OCc4ccccc4)[C@@H]3OCc3ccccc3)O[C@@H]2COCc2ccccc2)[C@H](OCc2ccccc2)[C@@H](OCc2ccccc2)[C@@H]1OCc1ccccc1. The molecule has 13 aromatic rings. The zero-order chi connectivity index (χ0) is 91.5. The first-order chi connectivity index (χ1) is 66.9. The van der Waals surface area contributed by atoms with Crippen molar-refractivity contribution in [2.75, 3.05) is 26.4 Å². The maximum absolute atomic E-state index is 11.9. The number of benzene rings is 13. The molecular formula is C114H118O20S. The van der Waals surface area contributed by atoms with Crippen molar-refractivity contribution < 1.29 is 95.1 Å². The van der Waals surface area contributed by atoms with Crippen LogP contribution in [0, 0.1) is 0 Å². The van der Waals surface area contributed by atoms with E-state index in [-0.39, 0.29) is 99.1 Å². The van der Waals surface area contributed by atoms with Crippen molar-refractivity contribution in [3.8, 4) is 0 Å². The Balaban J connectivity index is 0.792. The minimum atomic E-state index is -1.36. The summed E-state index contributed by atoms with van der Waals surface area (Å²) in [5.74, 6) is 0. The van der Waals surface area contributed by atoms with Gasteiger partial charge in [-0.2, -0.15) is 0 Å². The first-order valence-corrected chi connectivity index (χ1v) is 47.4. The first-order valence-electron chi connectivity index (χ1n) is 46.6. The molecule has 17 rings (SSSR count). The van der Waals surface area contributed by atoms with Crippen LogP contribution in [0.4, 0.5) is 0 Å². The van der Waals surface area contributed by atoms with E-state index in [2.05, 4.69) is 12.1 Å². The zero-order valence-corrected chi connectivity index (χ0v) is 76.3. The van der Waals surface area contributed by atoms with E-state index < -0.39 is 129 Å². The molecule has 0 bridgehead atoms. The largest absolute Gasteiger partial charge is 0.394 e. The van der Waals surface area contributed by atoms with Gasteiger partial charge in [0.05, 0.1) is 106 Å². The van der Waals surface area contributed by atoms with Gasteiger partial charge in [0.1, 0.15) is 103 Å². The number of aliphatic hydroxyl groups is 1. The average Bonchev–Trinajstić information content (AvgIpc) is 0.771. The van der Waals surface area contributed by atoms with Crippen LogP contribution < -0.4 is 0 Å². The molecule has 135 heavy (non-hydrogen) atoms. The van der Waals surface area contributed by atoms with Gasteiger partial charge in [-0.05, 0) is 78.9 Å². The third-order valence-electron chi connectivity index (χ3n) is 24.2. The Hall–Kier alpha value is -10.6. The zero-order valence-electron chi connectivity index (χ0n) is 75.5. The third kappa shape index (κ3) is 28.1. The summed E-state index contributed by atoms with van der Waals surface area (Å²) in [7, 11) is 0. The maximum atomic E-state index is 11.9. The van der Waals surface area contributed by atoms with Crippen molar-refractivity contribution in [1.82, 2.24) is 0 Å². The van der Waals surface area contributed by atoms with Gasteiger partial charge in [-0.15, -0.1) is 0 Å². The maximum Gasteiger partial charge on any atom is 0.187 e. The molecular weight excluding hydrogens is 1720 g/mol. The molecule has 21 heteroatoms. The summed E-state index contributed by atoms with van der Waals surface area (Å²) in [6, 6.07) is 130. The molecule has 0 aliphatic carbocycles. The second-order valence-electron chi connectivity index (χ2n) is 33.9. The highest BCUT2D eigenvalue weighted by molar-refractivity contribution is 7.99. The van der Waals surface area contributed by atoms with Crippen molar-refractivity contribution in [3.63, 3.8) is 0 Å². The molecule has 0 spiro atoms. The molecule has 1 unspecified atom stereocenters. The van der Waals surface area contributed by atoms with E-state index in [1.54, 1.807) is 11.8 Å². The predicted octanol–water partition coefficient (Wildman–Crippen LogP) is 19.7. The molecule has 20 atom stereocenters. The lowest BCUT2D eigenvalue weighted by Gasteiger charge is -2.51. The molecule has 700 valence electrons. The highest BCUT2D eigenvalue weighted by Gasteiger charge is 2.58. The van der Waals surface area contributed by atoms with Crippen molar-refractivity contribution in [2.45, 2.75) is 206 Å². The first kappa shape index (κ1) is 96.1. The Kier molecular flexibility index (Phi) is 36.7. The van der Waals surface area contributed by atoms with E-state index in [9.17, 15) is 5.11 Å². The Labute approximate surface area is 795 Å². The van der Waals surface area contributed by atoms with E-state index in [0.29, 0.717) is 0 Å². The predicted molar refractivity (Wildman–Crippen MR) is 512 cm³/mol. The van der Waals surface area contributed by atoms with Crippen LogP contribution in [0.5, 0.6) is 0 Å².